The topological polar surface area (TPSA) is 29.0 Å². The third-order valence-corrected chi connectivity index (χ3v) is 4.26. The van der Waals surface area contributed by atoms with Crippen LogP contribution in [0.5, 0.6) is 0 Å². The van der Waals surface area contributed by atoms with Crippen LogP contribution in [0.4, 0.5) is 5.13 Å². The Morgan fingerprint density at radius 2 is 1.93 bits per heavy atom. The van der Waals surface area contributed by atoms with Crippen LogP contribution < -0.4 is 4.90 Å². The first-order valence-electron chi connectivity index (χ1n) is 5.75. The zero-order valence-corrected chi connectivity index (χ0v) is 10.5. The van der Waals surface area contributed by atoms with Gasteiger partial charge >= 0.3 is 0 Å². The van der Waals surface area contributed by atoms with E-state index >= 15 is 0 Å². The van der Waals surface area contributed by atoms with E-state index in [0.29, 0.717) is 5.92 Å². The van der Waals surface area contributed by atoms with Gasteiger partial charge in [0, 0.05) is 19.0 Å². The number of nitrogens with zero attached hydrogens (tertiary/aromatic N) is 3. The van der Waals surface area contributed by atoms with E-state index < -0.39 is 0 Å². The summed E-state index contributed by atoms with van der Waals surface area (Å²) in [6.07, 6.45) is 2.58. The summed E-state index contributed by atoms with van der Waals surface area (Å²) in [7, 11) is 0. The smallest absolute Gasteiger partial charge is 0.208 e. The molecule has 0 spiro atoms. The normalized spacial score (nSPS) is 18.8. The van der Waals surface area contributed by atoms with Gasteiger partial charge in [-0.2, -0.15) is 0 Å². The molecule has 0 radical (unpaired) electrons. The Morgan fingerprint density at radius 1 is 1.27 bits per heavy atom. The van der Waals surface area contributed by atoms with Crippen LogP contribution in [0.1, 0.15) is 44.5 Å². The molecule has 1 aliphatic rings. The molecule has 1 aliphatic heterocycles. The molecule has 84 valence electrons. The van der Waals surface area contributed by atoms with Gasteiger partial charge in [0.25, 0.3) is 0 Å². The highest BCUT2D eigenvalue weighted by atomic mass is 32.1. The van der Waals surface area contributed by atoms with Gasteiger partial charge in [-0.05, 0) is 18.8 Å². The Bertz CT molecular complexity index is 313. The highest BCUT2D eigenvalue weighted by Gasteiger charge is 2.19. The lowest BCUT2D eigenvalue weighted by Crippen LogP contribution is -2.32. The average Bonchev–Trinajstić information content (AvgIpc) is 2.68. The third-order valence-electron chi connectivity index (χ3n) is 2.98. The molecule has 2 heterocycles. The maximum absolute atomic E-state index is 4.28. The summed E-state index contributed by atoms with van der Waals surface area (Å²) in [6.45, 7) is 8.96. The molecule has 1 aromatic rings. The second-order valence-corrected chi connectivity index (χ2v) is 5.73. The van der Waals surface area contributed by atoms with Crippen LogP contribution in [0, 0.1) is 5.92 Å². The van der Waals surface area contributed by atoms with Gasteiger partial charge < -0.3 is 4.90 Å². The van der Waals surface area contributed by atoms with Crippen LogP contribution in [-0.2, 0) is 0 Å². The molecule has 0 saturated carbocycles. The molecule has 3 nitrogen and oxygen atoms in total. The van der Waals surface area contributed by atoms with E-state index in [-0.39, 0.29) is 0 Å². The van der Waals surface area contributed by atoms with Gasteiger partial charge in [0.15, 0.2) is 0 Å². The molecule has 0 bridgehead atoms. The van der Waals surface area contributed by atoms with Crippen LogP contribution in [0.2, 0.25) is 0 Å². The Hall–Kier alpha value is -0.640. The van der Waals surface area contributed by atoms with E-state index in [1.807, 2.05) is 0 Å². The number of rotatable bonds is 2. The van der Waals surface area contributed by atoms with Gasteiger partial charge in [-0.25, -0.2) is 0 Å². The number of hydrogen-bond donors (Lipinski definition) is 0. The van der Waals surface area contributed by atoms with Crippen molar-refractivity contribution in [3.8, 4) is 0 Å². The highest BCUT2D eigenvalue weighted by molar-refractivity contribution is 7.15. The molecule has 1 saturated heterocycles. The summed E-state index contributed by atoms with van der Waals surface area (Å²) in [5.41, 5.74) is 0. The van der Waals surface area contributed by atoms with E-state index in [9.17, 15) is 0 Å². The van der Waals surface area contributed by atoms with Crippen molar-refractivity contribution in [2.75, 3.05) is 18.0 Å². The quantitative estimate of drug-likeness (QED) is 0.775. The predicted molar refractivity (Wildman–Crippen MR) is 64.6 cm³/mol. The molecule has 0 aromatic carbocycles. The number of aromatic nitrogens is 2. The third kappa shape index (κ3) is 2.48. The first kappa shape index (κ1) is 10.9. The van der Waals surface area contributed by atoms with E-state index in [4.69, 9.17) is 0 Å². The summed E-state index contributed by atoms with van der Waals surface area (Å²) in [6, 6.07) is 0. The van der Waals surface area contributed by atoms with Crippen molar-refractivity contribution in [1.29, 1.82) is 0 Å². The SMILES string of the molecule is CC1CCN(c2nnc(C(C)C)s2)CC1. The van der Waals surface area contributed by atoms with E-state index in [2.05, 4.69) is 35.9 Å². The van der Waals surface area contributed by atoms with Crippen molar-refractivity contribution in [3.63, 3.8) is 0 Å². The molecule has 0 aliphatic carbocycles. The minimum atomic E-state index is 0.500. The number of anilines is 1. The first-order chi connectivity index (χ1) is 7.16. The van der Waals surface area contributed by atoms with Crippen LogP contribution in [0.15, 0.2) is 0 Å². The molecule has 2 rings (SSSR count). The molecule has 0 N–H and O–H groups in total. The zero-order valence-electron chi connectivity index (χ0n) is 9.73. The van der Waals surface area contributed by atoms with Crippen LogP contribution in [0.3, 0.4) is 0 Å². The van der Waals surface area contributed by atoms with E-state index in [1.165, 1.54) is 12.8 Å². The molecule has 1 fully saturated rings. The van der Waals surface area contributed by atoms with Gasteiger partial charge in [-0.3, -0.25) is 0 Å². The highest BCUT2D eigenvalue weighted by Crippen LogP contribution is 2.28. The average molecular weight is 225 g/mol. The van der Waals surface area contributed by atoms with Crippen molar-refractivity contribution in [1.82, 2.24) is 10.2 Å². The molecule has 0 amide bonds. The second-order valence-electron chi connectivity index (χ2n) is 4.75. The van der Waals surface area contributed by atoms with Crippen molar-refractivity contribution in [2.45, 2.75) is 39.5 Å². The summed E-state index contributed by atoms with van der Waals surface area (Å²) < 4.78 is 0. The largest absolute Gasteiger partial charge is 0.347 e. The molecule has 4 heteroatoms. The summed E-state index contributed by atoms with van der Waals surface area (Å²) in [4.78, 5) is 2.38. The fourth-order valence-corrected chi connectivity index (χ4v) is 2.69. The van der Waals surface area contributed by atoms with Crippen LogP contribution >= 0.6 is 11.3 Å². The first-order valence-corrected chi connectivity index (χ1v) is 6.57. The molecule has 0 atom stereocenters. The summed E-state index contributed by atoms with van der Waals surface area (Å²) >= 11 is 1.75. The molecule has 1 aromatic heterocycles. The Labute approximate surface area is 95.5 Å². The number of piperidine rings is 1. The van der Waals surface area contributed by atoms with Crippen molar-refractivity contribution >= 4 is 16.5 Å². The van der Waals surface area contributed by atoms with Crippen LogP contribution in [-0.4, -0.2) is 23.3 Å². The summed E-state index contributed by atoms with van der Waals surface area (Å²) in [5, 5.41) is 10.8. The monoisotopic (exact) mass is 225 g/mol. The lowest BCUT2D eigenvalue weighted by atomic mass is 10.00. The Kier molecular flexibility index (Phi) is 3.24. The lowest BCUT2D eigenvalue weighted by molar-refractivity contribution is 0.437. The van der Waals surface area contributed by atoms with Gasteiger partial charge in [0.05, 0.1) is 0 Å². The maximum atomic E-state index is 4.28. The van der Waals surface area contributed by atoms with Crippen molar-refractivity contribution < 1.29 is 0 Å². The van der Waals surface area contributed by atoms with Gasteiger partial charge in [0.2, 0.25) is 5.13 Å². The minimum Gasteiger partial charge on any atom is -0.347 e. The van der Waals surface area contributed by atoms with Crippen LogP contribution in [0.25, 0.3) is 0 Å². The second kappa shape index (κ2) is 4.47. The fourth-order valence-electron chi connectivity index (χ4n) is 1.79. The van der Waals surface area contributed by atoms with E-state index in [1.54, 1.807) is 11.3 Å². The zero-order chi connectivity index (χ0) is 10.8. The molecule has 15 heavy (non-hydrogen) atoms. The Morgan fingerprint density at radius 3 is 2.47 bits per heavy atom. The Balaban J connectivity index is 2.03. The molecular formula is C11H19N3S. The predicted octanol–water partition coefficient (Wildman–Crippen LogP) is 2.90. The molecular weight excluding hydrogens is 206 g/mol. The lowest BCUT2D eigenvalue weighted by Gasteiger charge is -2.29. The summed E-state index contributed by atoms with van der Waals surface area (Å²) in [5.74, 6) is 1.37. The standard InChI is InChI=1S/C11H19N3S/c1-8(2)10-12-13-11(15-10)14-6-4-9(3)5-7-14/h8-9H,4-7H2,1-3H3. The maximum Gasteiger partial charge on any atom is 0.208 e. The fraction of sp³-hybridized carbons (Fsp3) is 0.818. The number of hydrogen-bond acceptors (Lipinski definition) is 4. The van der Waals surface area contributed by atoms with Gasteiger partial charge in [-0.15, -0.1) is 10.2 Å². The van der Waals surface area contributed by atoms with Crippen molar-refractivity contribution in [3.05, 3.63) is 5.01 Å². The van der Waals surface area contributed by atoms with Gasteiger partial charge in [-0.1, -0.05) is 32.1 Å². The van der Waals surface area contributed by atoms with Gasteiger partial charge in [0.1, 0.15) is 5.01 Å². The molecule has 0 unspecified atom stereocenters. The van der Waals surface area contributed by atoms with E-state index in [0.717, 1.165) is 29.1 Å². The van der Waals surface area contributed by atoms with Crippen molar-refractivity contribution in [2.24, 2.45) is 5.92 Å². The minimum absolute atomic E-state index is 0.500.